The maximum atomic E-state index is 11.3. The highest BCUT2D eigenvalue weighted by molar-refractivity contribution is 6.03. The Balaban J connectivity index is 0.000000118. The van der Waals surface area contributed by atoms with Gasteiger partial charge in [0.1, 0.15) is 34.5 Å². The molecule has 0 unspecified atom stereocenters. The summed E-state index contributed by atoms with van der Waals surface area (Å²) < 4.78 is 0. The number of carboxylic acids is 3. The van der Waals surface area contributed by atoms with Crippen LogP contribution >= 0.6 is 0 Å². The van der Waals surface area contributed by atoms with Gasteiger partial charge in [0, 0.05) is 33.7 Å². The van der Waals surface area contributed by atoms with Crippen LogP contribution in [0.5, 0.6) is 34.5 Å². The van der Waals surface area contributed by atoms with Gasteiger partial charge in [-0.1, -0.05) is 78.9 Å². The molecule has 8 aliphatic carbocycles. The van der Waals surface area contributed by atoms with Crippen LogP contribution in [0.1, 0.15) is 130 Å². The zero-order valence-electron chi connectivity index (χ0n) is 49.6. The molecule has 0 aliphatic heterocycles. The minimum absolute atomic E-state index is 0.0596. The van der Waals surface area contributed by atoms with E-state index in [4.69, 9.17) is 5.11 Å². The topological polar surface area (TPSA) is 233 Å². The predicted octanol–water partition coefficient (Wildman–Crippen LogP) is 17.4. The minimum Gasteiger partial charge on any atom is -0.508 e. The maximum Gasteiger partial charge on any atom is 0.335 e. The second-order valence-corrected chi connectivity index (χ2v) is 27.1. The number of fused-ring (bicyclic) bond motifs is 3. The lowest BCUT2D eigenvalue weighted by molar-refractivity contribution is -0.00530. The number of carboxylic acid groups (broad SMARTS) is 3. The molecule has 0 heterocycles. The predicted molar refractivity (Wildman–Crippen MR) is 348 cm³/mol. The van der Waals surface area contributed by atoms with Crippen molar-refractivity contribution in [3.05, 3.63) is 215 Å². The number of phenols is 6. The minimum atomic E-state index is -1.17. The van der Waals surface area contributed by atoms with Gasteiger partial charge in [-0.2, -0.15) is 0 Å². The first kappa shape index (κ1) is 57.9. The lowest BCUT2D eigenvalue weighted by Crippen LogP contribution is -2.48. The Bertz CT molecular complexity index is 4470. The average molecular weight is 1200 g/mol. The zero-order valence-corrected chi connectivity index (χ0v) is 49.6. The summed E-state index contributed by atoms with van der Waals surface area (Å²) in [7, 11) is 0. The molecule has 10 aromatic carbocycles. The van der Waals surface area contributed by atoms with Crippen molar-refractivity contribution in [2.24, 2.45) is 35.5 Å². The van der Waals surface area contributed by atoms with E-state index in [0.717, 1.165) is 79.7 Å². The molecule has 90 heavy (non-hydrogen) atoms. The number of phenolic OH excluding ortho intramolecular Hbond substituents is 6. The Morgan fingerprint density at radius 1 is 0.333 bits per heavy atom. The van der Waals surface area contributed by atoms with E-state index in [-0.39, 0.29) is 67.4 Å². The molecule has 0 amide bonds. The highest BCUT2D eigenvalue weighted by Gasteiger charge is 2.53. The number of rotatable bonds is 10. The first-order valence-electron chi connectivity index (χ1n) is 31.4. The van der Waals surface area contributed by atoms with E-state index in [1.807, 2.05) is 91.0 Å². The monoisotopic (exact) mass is 1200 g/mol. The molecule has 10 aromatic rings. The number of carbonyl (C=O) groups is 3. The fourth-order valence-electron chi connectivity index (χ4n) is 17.7. The highest BCUT2D eigenvalue weighted by Crippen LogP contribution is 2.63. The quantitative estimate of drug-likeness (QED) is 0.0622. The van der Waals surface area contributed by atoms with Gasteiger partial charge in [0.15, 0.2) is 0 Å². The van der Waals surface area contributed by atoms with Gasteiger partial charge in [0.05, 0.1) is 16.7 Å². The fraction of sp³-hybridized carbons (Fsp3) is 0.269. The zero-order chi connectivity index (χ0) is 62.3. The number of hydrogen-bond acceptors (Lipinski definition) is 9. The van der Waals surface area contributed by atoms with Crippen LogP contribution in [0, 0.1) is 35.5 Å². The van der Waals surface area contributed by atoms with Crippen LogP contribution in [0.15, 0.2) is 176 Å². The third kappa shape index (κ3) is 11.0. The van der Waals surface area contributed by atoms with E-state index in [1.165, 1.54) is 112 Å². The molecule has 0 saturated heterocycles. The van der Waals surface area contributed by atoms with E-state index in [2.05, 4.69) is 24.3 Å². The van der Waals surface area contributed by atoms with E-state index < -0.39 is 17.9 Å². The van der Waals surface area contributed by atoms with Crippen LogP contribution < -0.4 is 0 Å². The molecule has 0 spiro atoms. The van der Waals surface area contributed by atoms with Gasteiger partial charge < -0.3 is 46.0 Å². The lowest BCUT2D eigenvalue weighted by Gasteiger charge is -2.57. The van der Waals surface area contributed by atoms with E-state index in [9.17, 15) is 55.2 Å². The molecule has 12 nitrogen and oxygen atoms in total. The molecule has 0 radical (unpaired) electrons. The molecule has 0 atom stereocenters. The number of hydrogen-bond donors (Lipinski definition) is 9. The van der Waals surface area contributed by atoms with Crippen molar-refractivity contribution in [1.82, 2.24) is 0 Å². The van der Waals surface area contributed by atoms with Gasteiger partial charge in [0.25, 0.3) is 0 Å². The maximum absolute atomic E-state index is 11.3. The first-order chi connectivity index (χ1) is 43.3. The Morgan fingerprint density at radius 3 is 1.32 bits per heavy atom. The van der Waals surface area contributed by atoms with Gasteiger partial charge in [-0.05, 0) is 281 Å². The Kier molecular flexibility index (Phi) is 14.6. The lowest BCUT2D eigenvalue weighted by atomic mass is 9.48. The van der Waals surface area contributed by atoms with Crippen LogP contribution in [0.4, 0.5) is 0 Å². The van der Waals surface area contributed by atoms with Crippen LogP contribution in [0.2, 0.25) is 0 Å². The Labute approximate surface area is 520 Å². The highest BCUT2D eigenvalue weighted by atomic mass is 16.4. The largest absolute Gasteiger partial charge is 0.508 e. The summed E-state index contributed by atoms with van der Waals surface area (Å²) >= 11 is 0. The third-order valence-electron chi connectivity index (χ3n) is 21.1. The number of benzene rings is 10. The molecule has 9 N–H and O–H groups in total. The fourth-order valence-corrected chi connectivity index (χ4v) is 17.7. The van der Waals surface area contributed by atoms with E-state index in [1.54, 1.807) is 36.4 Å². The summed E-state index contributed by atoms with van der Waals surface area (Å²) in [5, 5.41) is 94.5. The Morgan fingerprint density at radius 2 is 0.756 bits per heavy atom. The molecular weight excluding hydrogens is 1130 g/mol. The molecular formula is C78H70O12. The third-order valence-corrected chi connectivity index (χ3v) is 21.1. The SMILES string of the molecule is O=C(O)c1cc(O)c2cc(-c3cc(C45CC6CC(CC(C6)C4)C5)ccc3O)cc(O)c2c1.O=C(O)c1cc(O)c2cc(-c3cc(C45CC6CC(CC(C6)C4)C5)ccc3O)ccc2c1.O=C(O)c1ccc2cc(-c3ccc(O)c(Cc4ccccc4)c3)ccc2c1. The summed E-state index contributed by atoms with van der Waals surface area (Å²) in [6.07, 6.45) is 16.4. The van der Waals surface area contributed by atoms with Crippen molar-refractivity contribution in [2.75, 3.05) is 0 Å². The second kappa shape index (κ2) is 22.7. The van der Waals surface area contributed by atoms with Crippen molar-refractivity contribution in [2.45, 2.75) is 94.3 Å². The van der Waals surface area contributed by atoms with Gasteiger partial charge in [-0.3, -0.25) is 0 Å². The van der Waals surface area contributed by atoms with Gasteiger partial charge in [-0.15, -0.1) is 0 Å². The first-order valence-corrected chi connectivity index (χ1v) is 31.4. The molecule has 12 heteroatoms. The molecule has 8 saturated carbocycles. The molecule has 8 fully saturated rings. The number of aromatic carboxylic acids is 3. The summed E-state index contributed by atoms with van der Waals surface area (Å²) in [5.41, 5.74) is 10.1. The smallest absolute Gasteiger partial charge is 0.335 e. The standard InChI is InChI=1S/C27H26O5.C27H26O4.C24H18O3/c28-23-2-1-19(27-11-14-3-15(12-27)5-16(4-14)13-27)10-20(23)17-6-21-22(24(29)8-17)7-18(26(31)32)9-25(21)30;28-24-4-3-21(27-12-15-5-16(13-27)7-17(6-15)14-27)11-23(24)19-2-1-18-8-20(26(30)31)10-25(29)22(18)9-19;25-23-11-10-20(15-22(23)12-16-4-2-1-3-5-16)17-6-7-19-14-21(24(26)27)9-8-18(19)13-17/h1-2,6-10,14-16,28-30H,3-5,11-13H2,(H,31,32);1-4,8-11,15-17,28-29H,5-7,12-14H2,(H,30,31);1-11,13-15,25H,12H2,(H,26,27). The van der Waals surface area contributed by atoms with Crippen LogP contribution in [0.25, 0.3) is 65.7 Å². The Hall–Kier alpha value is -9.81. The summed E-state index contributed by atoms with van der Waals surface area (Å²) in [6.45, 7) is 0. The van der Waals surface area contributed by atoms with Crippen molar-refractivity contribution < 1.29 is 60.3 Å². The van der Waals surface area contributed by atoms with Gasteiger partial charge in [-0.25, -0.2) is 14.4 Å². The molecule has 18 rings (SSSR count). The van der Waals surface area contributed by atoms with Crippen molar-refractivity contribution >= 4 is 50.2 Å². The summed E-state index contributed by atoms with van der Waals surface area (Å²) in [4.78, 5) is 33.7. The van der Waals surface area contributed by atoms with Crippen LogP contribution in [-0.2, 0) is 17.3 Å². The average Bonchev–Trinajstić information content (AvgIpc) is 0.764. The molecule has 8 bridgehead atoms. The molecule has 454 valence electrons. The normalized spacial score (nSPS) is 23.2. The van der Waals surface area contributed by atoms with Crippen LogP contribution in [-0.4, -0.2) is 63.9 Å². The number of aromatic hydroxyl groups is 6. The van der Waals surface area contributed by atoms with Crippen molar-refractivity contribution in [3.63, 3.8) is 0 Å². The van der Waals surface area contributed by atoms with Crippen molar-refractivity contribution in [3.8, 4) is 67.9 Å². The summed E-state index contributed by atoms with van der Waals surface area (Å²) in [5.74, 6) is 2.05. The van der Waals surface area contributed by atoms with Gasteiger partial charge in [0.2, 0.25) is 0 Å². The second-order valence-electron chi connectivity index (χ2n) is 27.1. The van der Waals surface area contributed by atoms with Gasteiger partial charge >= 0.3 is 17.9 Å². The molecule has 8 aliphatic rings. The van der Waals surface area contributed by atoms with E-state index >= 15 is 0 Å². The van der Waals surface area contributed by atoms with Crippen LogP contribution in [0.3, 0.4) is 0 Å². The summed E-state index contributed by atoms with van der Waals surface area (Å²) in [6, 6.07) is 52.9. The molecule has 0 aromatic heterocycles. The van der Waals surface area contributed by atoms with E-state index in [0.29, 0.717) is 33.7 Å². The van der Waals surface area contributed by atoms with Crippen molar-refractivity contribution in [1.29, 1.82) is 0 Å².